The predicted molar refractivity (Wildman–Crippen MR) is 94.9 cm³/mol. The van der Waals surface area contributed by atoms with Crippen LogP contribution in [0.1, 0.15) is 39.5 Å². The first-order chi connectivity index (χ1) is 11.7. The second-order valence-electron chi connectivity index (χ2n) is 6.82. The van der Waals surface area contributed by atoms with Gasteiger partial charge in [-0.2, -0.15) is 0 Å². The molecule has 1 aromatic carbocycles. The summed E-state index contributed by atoms with van der Waals surface area (Å²) in [4.78, 5) is 16.3. The normalized spacial score (nSPS) is 12.6. The first-order valence-corrected chi connectivity index (χ1v) is 7.98. The number of aliphatic hydroxyl groups is 1. The molecule has 1 atom stereocenters. The van der Waals surface area contributed by atoms with Gasteiger partial charge in [-0.1, -0.05) is 32.9 Å². The molecule has 2 rings (SSSR count). The molecule has 0 saturated heterocycles. The van der Waals surface area contributed by atoms with Gasteiger partial charge in [-0.15, -0.1) is 0 Å². The van der Waals surface area contributed by atoms with Crippen molar-refractivity contribution in [3.63, 3.8) is 0 Å². The van der Waals surface area contributed by atoms with E-state index in [-0.39, 0.29) is 17.2 Å². The summed E-state index contributed by atoms with van der Waals surface area (Å²) < 4.78 is 20.2. The highest BCUT2D eigenvalue weighted by Crippen LogP contribution is 2.38. The summed E-state index contributed by atoms with van der Waals surface area (Å²) in [6, 6.07) is 6.59. The Morgan fingerprint density at radius 1 is 1.28 bits per heavy atom. The molecule has 0 bridgehead atoms. The van der Waals surface area contributed by atoms with Crippen molar-refractivity contribution in [1.82, 2.24) is 4.98 Å². The molecule has 134 valence electrons. The highest BCUT2D eigenvalue weighted by atomic mass is 19.1. The fourth-order valence-electron chi connectivity index (χ4n) is 2.31. The molecule has 1 amide bonds. The van der Waals surface area contributed by atoms with Crippen LogP contribution in [-0.4, -0.2) is 23.1 Å². The third-order valence-electron chi connectivity index (χ3n) is 3.77. The number of nitrogens with one attached hydrogen (secondary N) is 1. The molecule has 2 aromatic rings. The summed E-state index contributed by atoms with van der Waals surface area (Å²) in [5, 5.41) is 12.5. The number of halogens is 1. The van der Waals surface area contributed by atoms with Gasteiger partial charge < -0.3 is 15.2 Å². The SMILES string of the molecule is COc1cccc(-c2ccnc(C(C)O)c2F)c1NC(=O)C(C)(C)C. The molecule has 6 heteroatoms. The van der Waals surface area contributed by atoms with Crippen LogP contribution in [0.2, 0.25) is 0 Å². The quantitative estimate of drug-likeness (QED) is 0.880. The Morgan fingerprint density at radius 2 is 1.96 bits per heavy atom. The summed E-state index contributed by atoms with van der Waals surface area (Å²) >= 11 is 0. The van der Waals surface area contributed by atoms with E-state index in [0.717, 1.165) is 0 Å². The van der Waals surface area contributed by atoms with Gasteiger partial charge in [0.2, 0.25) is 5.91 Å². The number of amides is 1. The molecule has 0 aliphatic rings. The zero-order valence-corrected chi connectivity index (χ0v) is 15.1. The lowest BCUT2D eigenvalue weighted by Gasteiger charge is -2.21. The standard InChI is InChI=1S/C19H23FN2O3/c1-11(23)16-15(20)12(9-10-21-16)13-7-6-8-14(25-5)17(13)22-18(24)19(2,3)4/h6-11,23H,1-5H3,(H,22,24). The van der Waals surface area contributed by atoms with Crippen LogP contribution in [0.25, 0.3) is 11.1 Å². The smallest absolute Gasteiger partial charge is 0.229 e. The first kappa shape index (κ1) is 18.9. The monoisotopic (exact) mass is 346 g/mol. The van der Waals surface area contributed by atoms with E-state index < -0.39 is 17.3 Å². The van der Waals surface area contributed by atoms with Gasteiger partial charge in [0.05, 0.1) is 18.9 Å². The van der Waals surface area contributed by atoms with E-state index in [1.54, 1.807) is 39.0 Å². The van der Waals surface area contributed by atoms with Crippen molar-refractivity contribution >= 4 is 11.6 Å². The third-order valence-corrected chi connectivity index (χ3v) is 3.77. The average molecular weight is 346 g/mol. The van der Waals surface area contributed by atoms with Gasteiger partial charge >= 0.3 is 0 Å². The van der Waals surface area contributed by atoms with Crippen LogP contribution in [0.5, 0.6) is 5.75 Å². The van der Waals surface area contributed by atoms with Crippen LogP contribution >= 0.6 is 0 Å². The van der Waals surface area contributed by atoms with Crippen LogP contribution in [0.3, 0.4) is 0 Å². The Balaban J connectivity index is 2.63. The Hall–Kier alpha value is -2.47. The van der Waals surface area contributed by atoms with Crippen LogP contribution < -0.4 is 10.1 Å². The van der Waals surface area contributed by atoms with Gasteiger partial charge in [-0.05, 0) is 19.1 Å². The van der Waals surface area contributed by atoms with Crippen LogP contribution in [0, 0.1) is 11.2 Å². The molecular formula is C19H23FN2O3. The van der Waals surface area contributed by atoms with Crippen molar-refractivity contribution in [3.05, 3.63) is 42.0 Å². The number of aromatic nitrogens is 1. The number of pyridine rings is 1. The van der Waals surface area contributed by atoms with Crippen molar-refractivity contribution in [2.24, 2.45) is 5.41 Å². The molecule has 1 heterocycles. The van der Waals surface area contributed by atoms with Crippen molar-refractivity contribution in [3.8, 4) is 16.9 Å². The third kappa shape index (κ3) is 3.96. The van der Waals surface area contributed by atoms with E-state index in [1.165, 1.54) is 26.3 Å². The zero-order valence-electron chi connectivity index (χ0n) is 15.1. The molecule has 2 N–H and O–H groups in total. The van der Waals surface area contributed by atoms with Gasteiger partial charge in [0.25, 0.3) is 0 Å². The maximum Gasteiger partial charge on any atom is 0.229 e. The number of benzene rings is 1. The fourth-order valence-corrected chi connectivity index (χ4v) is 2.31. The molecular weight excluding hydrogens is 323 g/mol. The van der Waals surface area contributed by atoms with Crippen molar-refractivity contribution < 1.29 is 19.0 Å². The number of nitrogens with zero attached hydrogens (tertiary/aromatic N) is 1. The Labute approximate surface area is 146 Å². The van der Waals surface area contributed by atoms with Gasteiger partial charge in [-0.3, -0.25) is 9.78 Å². The summed E-state index contributed by atoms with van der Waals surface area (Å²) in [7, 11) is 1.48. The number of carbonyl (C=O) groups is 1. The van der Waals surface area contributed by atoms with E-state index in [4.69, 9.17) is 4.74 Å². The Kier molecular flexibility index (Phi) is 5.42. The number of carbonyl (C=O) groups excluding carboxylic acids is 1. The van der Waals surface area contributed by atoms with E-state index in [9.17, 15) is 14.3 Å². The lowest BCUT2D eigenvalue weighted by molar-refractivity contribution is -0.123. The van der Waals surface area contributed by atoms with Crippen molar-refractivity contribution in [1.29, 1.82) is 0 Å². The topological polar surface area (TPSA) is 71.5 Å². The molecule has 5 nitrogen and oxygen atoms in total. The largest absolute Gasteiger partial charge is 0.495 e. The number of hydrogen-bond acceptors (Lipinski definition) is 4. The van der Waals surface area contributed by atoms with Gasteiger partial charge in [0.15, 0.2) is 5.82 Å². The van der Waals surface area contributed by atoms with Crippen molar-refractivity contribution in [2.45, 2.75) is 33.8 Å². The van der Waals surface area contributed by atoms with Gasteiger partial charge in [0.1, 0.15) is 11.4 Å². The number of rotatable bonds is 4. The van der Waals surface area contributed by atoms with E-state index >= 15 is 0 Å². The number of methoxy groups -OCH3 is 1. The lowest BCUT2D eigenvalue weighted by Crippen LogP contribution is -2.28. The number of aliphatic hydroxyl groups excluding tert-OH is 1. The molecule has 0 radical (unpaired) electrons. The van der Waals surface area contributed by atoms with E-state index in [2.05, 4.69) is 10.3 Å². The van der Waals surface area contributed by atoms with Gasteiger partial charge in [0, 0.05) is 22.7 Å². The first-order valence-electron chi connectivity index (χ1n) is 7.98. The second-order valence-corrected chi connectivity index (χ2v) is 6.82. The van der Waals surface area contributed by atoms with E-state index in [0.29, 0.717) is 17.0 Å². The number of hydrogen-bond donors (Lipinski definition) is 2. The highest BCUT2D eigenvalue weighted by molar-refractivity contribution is 6.00. The van der Waals surface area contributed by atoms with Gasteiger partial charge in [-0.25, -0.2) is 4.39 Å². The molecule has 25 heavy (non-hydrogen) atoms. The fraction of sp³-hybridized carbons (Fsp3) is 0.368. The van der Waals surface area contributed by atoms with Crippen LogP contribution in [-0.2, 0) is 4.79 Å². The number of para-hydroxylation sites is 1. The summed E-state index contributed by atoms with van der Waals surface area (Å²) in [5.41, 5.74) is 0.396. The Morgan fingerprint density at radius 3 is 2.52 bits per heavy atom. The summed E-state index contributed by atoms with van der Waals surface area (Å²) in [5.74, 6) is -0.426. The second kappa shape index (κ2) is 7.19. The molecule has 0 fully saturated rings. The minimum Gasteiger partial charge on any atom is -0.495 e. The highest BCUT2D eigenvalue weighted by Gasteiger charge is 2.25. The molecule has 1 unspecified atom stereocenters. The number of ether oxygens (including phenoxy) is 1. The zero-order chi connectivity index (χ0) is 18.8. The van der Waals surface area contributed by atoms with Crippen LogP contribution in [0.4, 0.5) is 10.1 Å². The Bertz CT molecular complexity index is 783. The van der Waals surface area contributed by atoms with Crippen molar-refractivity contribution in [2.75, 3.05) is 12.4 Å². The lowest BCUT2D eigenvalue weighted by atomic mass is 9.94. The molecule has 0 spiro atoms. The van der Waals surface area contributed by atoms with Crippen LogP contribution in [0.15, 0.2) is 30.5 Å². The average Bonchev–Trinajstić information content (AvgIpc) is 2.54. The van der Waals surface area contributed by atoms with E-state index in [1.807, 2.05) is 0 Å². The molecule has 1 aromatic heterocycles. The molecule has 0 saturated carbocycles. The summed E-state index contributed by atoms with van der Waals surface area (Å²) in [6.45, 7) is 6.81. The molecule has 0 aliphatic heterocycles. The minimum atomic E-state index is -1.04. The maximum atomic E-state index is 14.8. The number of anilines is 1. The summed E-state index contributed by atoms with van der Waals surface area (Å²) in [6.07, 6.45) is 0.383. The predicted octanol–water partition coefficient (Wildman–Crippen LogP) is 3.93. The minimum absolute atomic E-state index is 0.0478. The molecule has 0 aliphatic carbocycles. The maximum absolute atomic E-state index is 14.8.